The van der Waals surface area contributed by atoms with E-state index in [9.17, 15) is 14.4 Å². The van der Waals surface area contributed by atoms with Crippen LogP contribution in [-0.4, -0.2) is 30.6 Å². The monoisotopic (exact) mass is 355 g/mol. The number of amides is 3. The summed E-state index contributed by atoms with van der Waals surface area (Å²) in [7, 11) is 0. The molecular weight excluding hydrogens is 334 g/mol. The van der Waals surface area contributed by atoms with Crippen molar-refractivity contribution in [2.24, 2.45) is 5.73 Å². The molecule has 0 spiro atoms. The first-order valence-corrected chi connectivity index (χ1v) is 8.17. The molecule has 2 aromatic carbocycles. The van der Waals surface area contributed by atoms with Crippen LogP contribution >= 0.6 is 0 Å². The summed E-state index contributed by atoms with van der Waals surface area (Å²) in [5.74, 6) is -0.834. The molecule has 0 aliphatic rings. The van der Waals surface area contributed by atoms with E-state index in [1.807, 2.05) is 30.3 Å². The number of rotatable bonds is 7. The van der Waals surface area contributed by atoms with Gasteiger partial charge in [0, 0.05) is 12.1 Å². The van der Waals surface area contributed by atoms with Crippen molar-refractivity contribution in [3.8, 4) is 0 Å². The molecule has 0 radical (unpaired) electrons. The highest BCUT2D eigenvalue weighted by molar-refractivity contribution is 5.97. The number of ether oxygens (including phenoxy) is 1. The smallest absolute Gasteiger partial charge is 0.338 e. The SMILES string of the molecule is CCOC(=O)c1ccc(NC(=O)C(Cc2ccccc2)NC(N)=O)cc1. The van der Waals surface area contributed by atoms with Gasteiger partial charge in [-0.15, -0.1) is 0 Å². The Hall–Kier alpha value is -3.35. The Morgan fingerprint density at radius 1 is 1.04 bits per heavy atom. The van der Waals surface area contributed by atoms with Crippen LogP contribution < -0.4 is 16.4 Å². The van der Waals surface area contributed by atoms with Crippen molar-refractivity contribution in [3.63, 3.8) is 0 Å². The number of hydrogen-bond donors (Lipinski definition) is 3. The van der Waals surface area contributed by atoms with Crippen molar-refractivity contribution in [3.05, 3.63) is 65.7 Å². The maximum Gasteiger partial charge on any atom is 0.338 e. The molecular formula is C19H21N3O4. The molecule has 136 valence electrons. The van der Waals surface area contributed by atoms with Crippen molar-refractivity contribution in [1.82, 2.24) is 5.32 Å². The van der Waals surface area contributed by atoms with Gasteiger partial charge in [-0.05, 0) is 36.8 Å². The van der Waals surface area contributed by atoms with E-state index in [0.29, 0.717) is 17.7 Å². The van der Waals surface area contributed by atoms with E-state index in [1.165, 1.54) is 0 Å². The minimum Gasteiger partial charge on any atom is -0.462 e. The van der Waals surface area contributed by atoms with Crippen molar-refractivity contribution < 1.29 is 19.1 Å². The number of carbonyl (C=O) groups is 3. The zero-order chi connectivity index (χ0) is 18.9. The summed E-state index contributed by atoms with van der Waals surface area (Å²) in [6, 6.07) is 14.0. The Morgan fingerprint density at radius 3 is 2.27 bits per heavy atom. The minimum absolute atomic E-state index is 0.289. The van der Waals surface area contributed by atoms with E-state index < -0.39 is 23.9 Å². The molecule has 3 amide bonds. The zero-order valence-electron chi connectivity index (χ0n) is 14.4. The van der Waals surface area contributed by atoms with Gasteiger partial charge in [-0.1, -0.05) is 30.3 Å². The van der Waals surface area contributed by atoms with Gasteiger partial charge >= 0.3 is 12.0 Å². The highest BCUT2D eigenvalue weighted by atomic mass is 16.5. The fraction of sp³-hybridized carbons (Fsp3) is 0.211. The third-order valence-corrected chi connectivity index (χ3v) is 3.58. The third-order valence-electron chi connectivity index (χ3n) is 3.58. The molecule has 0 heterocycles. The Balaban J connectivity index is 2.06. The summed E-state index contributed by atoms with van der Waals surface area (Å²) in [6.07, 6.45) is 0.302. The van der Waals surface area contributed by atoms with Gasteiger partial charge in [0.05, 0.1) is 12.2 Å². The van der Waals surface area contributed by atoms with Gasteiger partial charge in [0.15, 0.2) is 0 Å². The largest absolute Gasteiger partial charge is 0.462 e. The summed E-state index contributed by atoms with van der Waals surface area (Å²) in [5.41, 5.74) is 6.95. The fourth-order valence-electron chi connectivity index (χ4n) is 2.36. The van der Waals surface area contributed by atoms with Crippen molar-refractivity contribution in [2.45, 2.75) is 19.4 Å². The van der Waals surface area contributed by atoms with Gasteiger partial charge in [0.25, 0.3) is 0 Å². The predicted molar refractivity (Wildman–Crippen MR) is 97.7 cm³/mol. The first kappa shape index (κ1) is 19.0. The Bertz CT molecular complexity index is 760. The van der Waals surface area contributed by atoms with Crippen LogP contribution in [0.2, 0.25) is 0 Å². The molecule has 0 aliphatic heterocycles. The number of anilines is 1. The van der Waals surface area contributed by atoms with Gasteiger partial charge in [0.2, 0.25) is 5.91 Å². The van der Waals surface area contributed by atoms with Crippen molar-refractivity contribution in [2.75, 3.05) is 11.9 Å². The average Bonchev–Trinajstić information content (AvgIpc) is 2.62. The molecule has 26 heavy (non-hydrogen) atoms. The van der Waals surface area contributed by atoms with Crippen molar-refractivity contribution in [1.29, 1.82) is 0 Å². The number of esters is 1. The maximum atomic E-state index is 12.5. The van der Waals surface area contributed by atoms with Crippen molar-refractivity contribution >= 4 is 23.6 Å². The number of carbonyl (C=O) groups excluding carboxylic acids is 3. The van der Waals surface area contributed by atoms with E-state index in [0.717, 1.165) is 5.56 Å². The number of nitrogens with two attached hydrogens (primary N) is 1. The highest BCUT2D eigenvalue weighted by Gasteiger charge is 2.20. The summed E-state index contributed by atoms with van der Waals surface area (Å²) >= 11 is 0. The standard InChI is InChI=1S/C19H21N3O4/c1-2-26-18(24)14-8-10-15(11-9-14)21-17(23)16(22-19(20)25)12-13-6-4-3-5-7-13/h3-11,16H,2,12H2,1H3,(H,21,23)(H3,20,22,25). The van der Waals surface area contributed by atoms with Crippen LogP contribution in [0, 0.1) is 0 Å². The topological polar surface area (TPSA) is 111 Å². The normalized spacial score (nSPS) is 11.3. The van der Waals surface area contributed by atoms with Crippen LogP contribution in [0.5, 0.6) is 0 Å². The van der Waals surface area contributed by atoms with Crippen LogP contribution in [0.15, 0.2) is 54.6 Å². The second-order valence-corrected chi connectivity index (χ2v) is 5.54. The molecule has 7 nitrogen and oxygen atoms in total. The van der Waals surface area contributed by atoms with Crippen LogP contribution in [0.25, 0.3) is 0 Å². The van der Waals surface area contributed by atoms with Crippen LogP contribution in [0.3, 0.4) is 0 Å². The van der Waals surface area contributed by atoms with E-state index in [2.05, 4.69) is 10.6 Å². The molecule has 7 heteroatoms. The molecule has 4 N–H and O–H groups in total. The number of primary amides is 1. The third kappa shape index (κ3) is 5.62. The van der Waals surface area contributed by atoms with Gasteiger partial charge in [0.1, 0.15) is 6.04 Å². The molecule has 2 aromatic rings. The van der Waals surface area contributed by atoms with Crippen LogP contribution in [0.1, 0.15) is 22.8 Å². The van der Waals surface area contributed by atoms with E-state index in [1.54, 1.807) is 31.2 Å². The first-order chi connectivity index (χ1) is 12.5. The minimum atomic E-state index is -0.820. The number of benzene rings is 2. The molecule has 1 unspecified atom stereocenters. The fourth-order valence-corrected chi connectivity index (χ4v) is 2.36. The summed E-state index contributed by atoms with van der Waals surface area (Å²) in [4.78, 5) is 35.4. The van der Waals surface area contributed by atoms with E-state index >= 15 is 0 Å². The lowest BCUT2D eigenvalue weighted by molar-refractivity contribution is -0.117. The predicted octanol–water partition coefficient (Wildman–Crippen LogP) is 2.08. The molecule has 0 fully saturated rings. The molecule has 0 saturated heterocycles. The Morgan fingerprint density at radius 2 is 1.69 bits per heavy atom. The summed E-state index contributed by atoms with van der Waals surface area (Å²) in [6.45, 7) is 2.02. The highest BCUT2D eigenvalue weighted by Crippen LogP contribution is 2.12. The van der Waals surface area contributed by atoms with Gasteiger partial charge in [-0.2, -0.15) is 0 Å². The first-order valence-electron chi connectivity index (χ1n) is 8.17. The molecule has 0 bridgehead atoms. The average molecular weight is 355 g/mol. The molecule has 2 rings (SSSR count). The quantitative estimate of drug-likeness (QED) is 0.660. The Labute approximate surface area is 151 Å². The van der Waals surface area contributed by atoms with E-state index in [-0.39, 0.29) is 6.61 Å². The number of hydrogen-bond acceptors (Lipinski definition) is 4. The summed E-state index contributed by atoms with van der Waals surface area (Å²) < 4.78 is 4.91. The second-order valence-electron chi connectivity index (χ2n) is 5.54. The Kier molecular flexibility index (Phi) is 6.73. The molecule has 0 saturated carbocycles. The lowest BCUT2D eigenvalue weighted by Gasteiger charge is -2.17. The van der Waals surface area contributed by atoms with Crippen LogP contribution in [0.4, 0.5) is 10.5 Å². The number of urea groups is 1. The van der Waals surface area contributed by atoms with Gasteiger partial charge in [-0.3, -0.25) is 4.79 Å². The van der Waals surface area contributed by atoms with Gasteiger partial charge in [-0.25, -0.2) is 9.59 Å². The molecule has 0 aliphatic carbocycles. The lowest BCUT2D eigenvalue weighted by atomic mass is 10.1. The van der Waals surface area contributed by atoms with Gasteiger partial charge < -0.3 is 21.1 Å². The van der Waals surface area contributed by atoms with E-state index in [4.69, 9.17) is 10.5 Å². The molecule has 1 atom stereocenters. The summed E-state index contributed by atoms with van der Waals surface area (Å²) in [5, 5.41) is 5.15. The zero-order valence-corrected chi connectivity index (χ0v) is 14.4. The molecule has 0 aromatic heterocycles. The van der Waals surface area contributed by atoms with Crippen LogP contribution in [-0.2, 0) is 16.0 Å². The second kappa shape index (κ2) is 9.22. The maximum absolute atomic E-state index is 12.5. The number of nitrogens with one attached hydrogen (secondary N) is 2. The lowest BCUT2D eigenvalue weighted by Crippen LogP contribution is -2.47.